The van der Waals surface area contributed by atoms with Gasteiger partial charge in [0.05, 0.1) is 37.8 Å². The number of ether oxygens (including phenoxy) is 1. The number of nitrogens with zero attached hydrogens (tertiary/aromatic N) is 2. The average Bonchev–Trinajstić information content (AvgIpc) is 3.57. The Bertz CT molecular complexity index is 1800. The predicted octanol–water partition coefficient (Wildman–Crippen LogP) is 2.55. The highest BCUT2D eigenvalue weighted by molar-refractivity contribution is 7.92. The van der Waals surface area contributed by atoms with E-state index in [2.05, 4.69) is 20.9 Å². The van der Waals surface area contributed by atoms with Gasteiger partial charge in [-0.3, -0.25) is 13.9 Å². The zero-order valence-electron chi connectivity index (χ0n) is 27.2. The summed E-state index contributed by atoms with van der Waals surface area (Å²) in [7, 11) is -0.854. The van der Waals surface area contributed by atoms with Gasteiger partial charge in [-0.05, 0) is 54.8 Å². The summed E-state index contributed by atoms with van der Waals surface area (Å²) in [6, 6.07) is 19.5. The normalized spacial score (nSPS) is 13.3. The van der Waals surface area contributed by atoms with Crippen LogP contribution in [0.4, 0.5) is 5.69 Å². The van der Waals surface area contributed by atoms with Crippen molar-refractivity contribution < 1.29 is 37.4 Å². The van der Waals surface area contributed by atoms with Crippen molar-refractivity contribution in [3.8, 4) is 5.75 Å². The van der Waals surface area contributed by atoms with Crippen molar-refractivity contribution >= 4 is 27.5 Å². The molecule has 2 amide bonds. The Kier molecular flexibility index (Phi) is 12.3. The van der Waals surface area contributed by atoms with Gasteiger partial charge >= 0.3 is 0 Å². The molecule has 0 aliphatic heterocycles. The molecule has 5 N–H and O–H groups in total. The van der Waals surface area contributed by atoms with Crippen molar-refractivity contribution in [3.63, 3.8) is 0 Å². The minimum Gasteiger partial charge on any atom is -0.497 e. The first-order valence-corrected chi connectivity index (χ1v) is 17.0. The lowest BCUT2D eigenvalue weighted by molar-refractivity contribution is 0.0830. The van der Waals surface area contributed by atoms with Gasteiger partial charge in [-0.2, -0.15) is 0 Å². The number of nitrogens with one attached hydrogen (secondary N) is 3. The second-order valence-corrected chi connectivity index (χ2v) is 13.4. The Morgan fingerprint density at radius 2 is 1.65 bits per heavy atom. The molecule has 0 saturated carbocycles. The highest BCUT2D eigenvalue weighted by Crippen LogP contribution is 2.22. The third-order valence-corrected chi connectivity index (χ3v) is 8.85. The zero-order valence-corrected chi connectivity index (χ0v) is 28.0. The number of hydrogen-bond donors (Lipinski definition) is 5. The smallest absolute Gasteiger partial charge is 0.252 e. The minimum atomic E-state index is -3.76. The number of aliphatic hydroxyl groups is 2. The van der Waals surface area contributed by atoms with Crippen molar-refractivity contribution in [1.29, 1.82) is 0 Å². The molecule has 1 aromatic heterocycles. The molecule has 3 aromatic carbocycles. The summed E-state index contributed by atoms with van der Waals surface area (Å²) in [5.74, 6) is -0.364. The highest BCUT2D eigenvalue weighted by Gasteiger charge is 2.25. The molecule has 0 saturated heterocycles. The summed E-state index contributed by atoms with van der Waals surface area (Å²) in [6.45, 7) is 1.89. The molecule has 0 fully saturated rings. The molecule has 0 aliphatic rings. The fourth-order valence-electron chi connectivity index (χ4n) is 4.87. The number of oxazole rings is 1. The first kappa shape index (κ1) is 36.1. The van der Waals surface area contributed by atoms with Crippen molar-refractivity contribution in [3.05, 3.63) is 113 Å². The molecule has 14 heteroatoms. The van der Waals surface area contributed by atoms with Crippen LogP contribution < -0.4 is 25.0 Å². The standard InChI is InChI=1S/C34H41N5O8S/c1-22(34-37-27(20-40)21-47-34)36-32(42)25-15-26(17-28(16-25)39(2)48(4,44)45)33(43)38-30(14-23-9-6-5-7-10-23)31(41)19-35-18-24-11-8-12-29(13-24)46-3/h5-13,15-17,21-22,30-31,35,40-41H,14,18-20H2,1-4H3,(H,36,42)(H,38,43)/t22-,30+,31-/m1/s1. The second-order valence-electron chi connectivity index (χ2n) is 11.3. The molecule has 0 aliphatic carbocycles. The number of rotatable bonds is 16. The maximum atomic E-state index is 13.8. The lowest BCUT2D eigenvalue weighted by Gasteiger charge is -2.25. The molecule has 0 unspecified atom stereocenters. The van der Waals surface area contributed by atoms with Gasteiger partial charge in [0, 0.05) is 31.3 Å². The molecule has 4 rings (SSSR count). The van der Waals surface area contributed by atoms with E-state index < -0.39 is 40.0 Å². The Balaban J connectivity index is 1.57. The van der Waals surface area contributed by atoms with Crippen molar-refractivity contribution in [2.75, 3.05) is 31.3 Å². The number of aromatic nitrogens is 1. The molecule has 0 spiro atoms. The number of benzene rings is 3. The topological polar surface area (TPSA) is 183 Å². The summed E-state index contributed by atoms with van der Waals surface area (Å²) < 4.78 is 36.4. The maximum Gasteiger partial charge on any atom is 0.252 e. The lowest BCUT2D eigenvalue weighted by Crippen LogP contribution is -2.48. The van der Waals surface area contributed by atoms with Crippen molar-refractivity contribution in [2.24, 2.45) is 0 Å². The third kappa shape index (κ3) is 9.87. The van der Waals surface area contributed by atoms with Gasteiger partial charge in [0.25, 0.3) is 11.8 Å². The minimum absolute atomic E-state index is 0.00838. The van der Waals surface area contributed by atoms with Crippen LogP contribution in [0.25, 0.3) is 0 Å². The van der Waals surface area contributed by atoms with E-state index in [1.165, 1.54) is 31.5 Å². The number of amides is 2. The van der Waals surface area contributed by atoms with Gasteiger partial charge in [0.2, 0.25) is 15.9 Å². The largest absolute Gasteiger partial charge is 0.497 e. The van der Waals surface area contributed by atoms with Crippen LogP contribution in [0.15, 0.2) is 83.5 Å². The molecule has 0 bridgehead atoms. The Hall–Kier alpha value is -4.76. The van der Waals surface area contributed by atoms with Crippen LogP contribution in [-0.4, -0.2) is 74.5 Å². The number of anilines is 1. The number of methoxy groups -OCH3 is 1. The van der Waals surface area contributed by atoms with Crippen LogP contribution in [-0.2, 0) is 29.6 Å². The first-order chi connectivity index (χ1) is 22.9. The summed E-state index contributed by atoms with van der Waals surface area (Å²) in [6.07, 6.45) is 1.56. The van der Waals surface area contributed by atoms with Crippen LogP contribution in [0.3, 0.4) is 0 Å². The number of aliphatic hydroxyl groups excluding tert-OH is 2. The van der Waals surface area contributed by atoms with Gasteiger partial charge in [0.1, 0.15) is 23.7 Å². The molecule has 48 heavy (non-hydrogen) atoms. The van der Waals surface area contributed by atoms with Crippen LogP contribution in [0.5, 0.6) is 5.75 Å². The molecule has 13 nitrogen and oxygen atoms in total. The van der Waals surface area contributed by atoms with E-state index in [0.29, 0.717) is 24.4 Å². The predicted molar refractivity (Wildman–Crippen MR) is 180 cm³/mol. The molecule has 4 aromatic rings. The summed E-state index contributed by atoms with van der Waals surface area (Å²) >= 11 is 0. The van der Waals surface area contributed by atoms with E-state index in [1.807, 2.05) is 54.6 Å². The van der Waals surface area contributed by atoms with Gasteiger partial charge in [-0.1, -0.05) is 42.5 Å². The van der Waals surface area contributed by atoms with E-state index in [-0.39, 0.29) is 35.9 Å². The van der Waals surface area contributed by atoms with Crippen LogP contribution >= 0.6 is 0 Å². The molecule has 0 radical (unpaired) electrons. The van der Waals surface area contributed by atoms with E-state index in [9.17, 15) is 28.2 Å². The number of sulfonamides is 1. The van der Waals surface area contributed by atoms with Gasteiger partial charge in [0.15, 0.2) is 0 Å². The summed E-state index contributed by atoms with van der Waals surface area (Å²) in [5, 5.41) is 29.4. The molecular formula is C34H41N5O8S. The van der Waals surface area contributed by atoms with E-state index >= 15 is 0 Å². The number of carbonyl (C=O) groups is 2. The number of carbonyl (C=O) groups excluding carboxylic acids is 2. The average molecular weight is 680 g/mol. The van der Waals surface area contributed by atoms with Gasteiger partial charge < -0.3 is 35.3 Å². The van der Waals surface area contributed by atoms with Crippen molar-refractivity contribution in [1.82, 2.24) is 20.9 Å². The maximum absolute atomic E-state index is 13.8. The highest BCUT2D eigenvalue weighted by atomic mass is 32.2. The fraction of sp³-hybridized carbons (Fsp3) is 0.324. The van der Waals surface area contributed by atoms with E-state index in [1.54, 1.807) is 14.0 Å². The monoisotopic (exact) mass is 679 g/mol. The second kappa shape index (κ2) is 16.4. The Labute approximate surface area is 280 Å². The van der Waals surface area contributed by atoms with E-state index in [4.69, 9.17) is 9.15 Å². The quantitative estimate of drug-likeness (QED) is 0.118. The van der Waals surface area contributed by atoms with Gasteiger partial charge in [-0.15, -0.1) is 0 Å². The molecular weight excluding hydrogens is 638 g/mol. The first-order valence-electron chi connectivity index (χ1n) is 15.2. The summed E-state index contributed by atoms with van der Waals surface area (Å²) in [5.41, 5.74) is 2.23. The Morgan fingerprint density at radius 3 is 2.27 bits per heavy atom. The van der Waals surface area contributed by atoms with Crippen LogP contribution in [0.2, 0.25) is 0 Å². The molecule has 3 atom stereocenters. The molecule has 256 valence electrons. The fourth-order valence-corrected chi connectivity index (χ4v) is 5.36. The van der Waals surface area contributed by atoms with Crippen LogP contribution in [0, 0.1) is 0 Å². The summed E-state index contributed by atoms with van der Waals surface area (Å²) in [4.78, 5) is 31.3. The Morgan fingerprint density at radius 1 is 0.979 bits per heavy atom. The van der Waals surface area contributed by atoms with E-state index in [0.717, 1.165) is 21.7 Å². The third-order valence-electron chi connectivity index (χ3n) is 7.65. The van der Waals surface area contributed by atoms with Gasteiger partial charge in [-0.25, -0.2) is 13.4 Å². The van der Waals surface area contributed by atoms with Crippen molar-refractivity contribution in [2.45, 2.75) is 44.7 Å². The SMILES string of the molecule is COc1cccc(CNC[C@@H](O)[C@H](Cc2ccccc2)NC(=O)c2cc(C(=O)N[C@H](C)c3nc(CO)co3)cc(N(C)S(C)(=O)=O)c2)c1. The zero-order chi connectivity index (χ0) is 34.8. The number of hydrogen-bond acceptors (Lipinski definition) is 10. The molecule has 1 heterocycles. The van der Waals surface area contributed by atoms with Crippen LogP contribution in [0.1, 0.15) is 56.4 Å². The lowest BCUT2D eigenvalue weighted by atomic mass is 10.00.